The average Bonchev–Trinajstić information content (AvgIpc) is 3.23. The molecule has 7 nitrogen and oxygen atoms in total. The van der Waals surface area contributed by atoms with Crippen molar-refractivity contribution < 1.29 is 18.7 Å². The van der Waals surface area contributed by atoms with Crippen LogP contribution >= 0.6 is 11.6 Å². The molecular weight excluding hydrogens is 382 g/mol. The van der Waals surface area contributed by atoms with Crippen molar-refractivity contribution in [1.29, 1.82) is 0 Å². The fraction of sp³-hybridized carbons (Fsp3) is 0.100. The molecule has 2 aromatic carbocycles. The van der Waals surface area contributed by atoms with E-state index >= 15 is 0 Å². The number of benzene rings is 2. The highest BCUT2D eigenvalue weighted by Crippen LogP contribution is 2.26. The van der Waals surface area contributed by atoms with Crippen LogP contribution in [0.4, 0.5) is 17.1 Å². The number of hydrogen-bond acceptors (Lipinski definition) is 5. The maximum absolute atomic E-state index is 12.2. The van der Waals surface area contributed by atoms with E-state index in [1.54, 1.807) is 61.7 Å². The lowest BCUT2D eigenvalue weighted by atomic mass is 10.2. The largest absolute Gasteiger partial charge is 0.497 e. The van der Waals surface area contributed by atoms with Crippen LogP contribution in [0.2, 0.25) is 5.02 Å². The fourth-order valence-corrected chi connectivity index (χ4v) is 2.59. The second-order valence-corrected chi connectivity index (χ2v) is 6.19. The first-order valence-electron chi connectivity index (χ1n) is 8.37. The van der Waals surface area contributed by atoms with Gasteiger partial charge in [0.2, 0.25) is 5.91 Å². The van der Waals surface area contributed by atoms with Crippen molar-refractivity contribution in [2.24, 2.45) is 0 Å². The summed E-state index contributed by atoms with van der Waals surface area (Å²) < 4.78 is 10.2. The van der Waals surface area contributed by atoms with Gasteiger partial charge in [-0.05, 0) is 54.6 Å². The molecule has 0 aliphatic carbocycles. The summed E-state index contributed by atoms with van der Waals surface area (Å²) in [6, 6.07) is 15.1. The molecule has 0 bridgehead atoms. The van der Waals surface area contributed by atoms with Gasteiger partial charge in [0.15, 0.2) is 5.76 Å². The van der Waals surface area contributed by atoms with Gasteiger partial charge in [-0.25, -0.2) is 0 Å². The van der Waals surface area contributed by atoms with Gasteiger partial charge in [0.1, 0.15) is 5.75 Å². The lowest BCUT2D eigenvalue weighted by molar-refractivity contribution is -0.114. The van der Waals surface area contributed by atoms with Crippen LogP contribution in [0.5, 0.6) is 5.75 Å². The number of amides is 2. The zero-order chi connectivity index (χ0) is 19.9. The van der Waals surface area contributed by atoms with Crippen molar-refractivity contribution in [3.63, 3.8) is 0 Å². The summed E-state index contributed by atoms with van der Waals surface area (Å²) in [5.41, 5.74) is 1.63. The number of carbonyl (C=O) groups excluding carboxylic acids is 2. The van der Waals surface area contributed by atoms with Crippen LogP contribution in [0.1, 0.15) is 10.6 Å². The van der Waals surface area contributed by atoms with Gasteiger partial charge in [-0.1, -0.05) is 11.6 Å². The standard InChI is InChI=1S/C20H18ClN3O4/c1-27-15-7-5-14(6-8-15)23-19(25)12-22-16-9-4-13(21)11-17(16)24-20(26)18-3-2-10-28-18/h2-11,22H,12H2,1H3,(H,23,25)(H,24,26). The minimum atomic E-state index is -0.419. The number of halogens is 1. The van der Waals surface area contributed by atoms with E-state index in [2.05, 4.69) is 16.0 Å². The van der Waals surface area contributed by atoms with Gasteiger partial charge >= 0.3 is 0 Å². The molecule has 3 N–H and O–H groups in total. The zero-order valence-electron chi connectivity index (χ0n) is 15.0. The van der Waals surface area contributed by atoms with E-state index in [1.165, 1.54) is 6.26 Å². The van der Waals surface area contributed by atoms with Crippen molar-refractivity contribution >= 4 is 40.5 Å². The van der Waals surface area contributed by atoms with E-state index in [9.17, 15) is 9.59 Å². The Hall–Kier alpha value is -3.45. The molecule has 0 fully saturated rings. The first-order valence-corrected chi connectivity index (χ1v) is 8.75. The highest BCUT2D eigenvalue weighted by atomic mass is 35.5. The summed E-state index contributed by atoms with van der Waals surface area (Å²) >= 11 is 6.03. The number of ether oxygens (including phenoxy) is 1. The number of anilines is 3. The van der Waals surface area contributed by atoms with Crippen LogP contribution in [-0.4, -0.2) is 25.5 Å². The third kappa shape index (κ3) is 5.05. The van der Waals surface area contributed by atoms with Gasteiger partial charge in [0.05, 0.1) is 31.3 Å². The molecule has 0 saturated carbocycles. The molecule has 28 heavy (non-hydrogen) atoms. The van der Waals surface area contributed by atoms with E-state index in [-0.39, 0.29) is 18.2 Å². The van der Waals surface area contributed by atoms with Crippen molar-refractivity contribution in [3.8, 4) is 5.75 Å². The molecule has 0 atom stereocenters. The zero-order valence-corrected chi connectivity index (χ0v) is 15.7. The molecular formula is C20H18ClN3O4. The molecule has 144 valence electrons. The Labute approximate surface area is 166 Å². The number of carbonyl (C=O) groups is 2. The molecule has 0 radical (unpaired) electrons. The number of methoxy groups -OCH3 is 1. The Balaban J connectivity index is 1.63. The molecule has 0 spiro atoms. The van der Waals surface area contributed by atoms with Crippen LogP contribution in [0, 0.1) is 0 Å². The summed E-state index contributed by atoms with van der Waals surface area (Å²) in [4.78, 5) is 24.4. The fourth-order valence-electron chi connectivity index (χ4n) is 2.42. The first-order chi connectivity index (χ1) is 13.5. The summed E-state index contributed by atoms with van der Waals surface area (Å²) in [5.74, 6) is 0.207. The topological polar surface area (TPSA) is 92.6 Å². The lowest BCUT2D eigenvalue weighted by Crippen LogP contribution is -2.22. The maximum Gasteiger partial charge on any atom is 0.291 e. The van der Waals surface area contributed by atoms with E-state index in [0.717, 1.165) is 0 Å². The molecule has 0 saturated heterocycles. The molecule has 2 amide bonds. The van der Waals surface area contributed by atoms with Crippen molar-refractivity contribution in [3.05, 3.63) is 71.6 Å². The van der Waals surface area contributed by atoms with E-state index in [1.807, 2.05) is 0 Å². The predicted molar refractivity (Wildman–Crippen MR) is 108 cm³/mol. The molecule has 3 rings (SSSR count). The maximum atomic E-state index is 12.2. The van der Waals surface area contributed by atoms with Crippen LogP contribution in [0.3, 0.4) is 0 Å². The van der Waals surface area contributed by atoms with Gasteiger partial charge in [0.25, 0.3) is 5.91 Å². The Morgan fingerprint density at radius 3 is 2.50 bits per heavy atom. The first kappa shape index (κ1) is 19.3. The third-order valence-corrected chi connectivity index (χ3v) is 4.02. The molecule has 1 heterocycles. The number of nitrogens with one attached hydrogen (secondary N) is 3. The molecule has 0 unspecified atom stereocenters. The Morgan fingerprint density at radius 2 is 1.82 bits per heavy atom. The molecule has 0 aliphatic rings. The minimum Gasteiger partial charge on any atom is -0.497 e. The quantitative estimate of drug-likeness (QED) is 0.552. The monoisotopic (exact) mass is 399 g/mol. The van der Waals surface area contributed by atoms with Gasteiger partial charge < -0.3 is 25.1 Å². The summed E-state index contributed by atoms with van der Waals surface area (Å²) in [6.07, 6.45) is 1.41. The Kier molecular flexibility index (Phi) is 6.18. The number of rotatable bonds is 7. The van der Waals surface area contributed by atoms with Gasteiger partial charge in [-0.15, -0.1) is 0 Å². The smallest absolute Gasteiger partial charge is 0.291 e. The molecule has 8 heteroatoms. The van der Waals surface area contributed by atoms with Crippen LogP contribution in [0.25, 0.3) is 0 Å². The summed E-state index contributed by atoms with van der Waals surface area (Å²) in [7, 11) is 1.58. The SMILES string of the molecule is COc1ccc(NC(=O)CNc2ccc(Cl)cc2NC(=O)c2ccco2)cc1. The lowest BCUT2D eigenvalue weighted by Gasteiger charge is -2.13. The van der Waals surface area contributed by atoms with Gasteiger partial charge in [-0.3, -0.25) is 9.59 Å². The predicted octanol–water partition coefficient (Wildman–Crippen LogP) is 4.24. The van der Waals surface area contributed by atoms with E-state index in [0.29, 0.717) is 27.8 Å². The number of hydrogen-bond donors (Lipinski definition) is 3. The van der Waals surface area contributed by atoms with Crippen LogP contribution in [0.15, 0.2) is 65.3 Å². The molecule has 1 aromatic heterocycles. The highest BCUT2D eigenvalue weighted by molar-refractivity contribution is 6.31. The summed E-state index contributed by atoms with van der Waals surface area (Å²) in [6.45, 7) is -0.00269. The summed E-state index contributed by atoms with van der Waals surface area (Å²) in [5, 5.41) is 8.93. The van der Waals surface area contributed by atoms with Crippen LogP contribution in [-0.2, 0) is 4.79 Å². The van der Waals surface area contributed by atoms with Crippen molar-refractivity contribution in [2.75, 3.05) is 29.6 Å². The van der Waals surface area contributed by atoms with E-state index in [4.69, 9.17) is 20.8 Å². The van der Waals surface area contributed by atoms with Crippen molar-refractivity contribution in [1.82, 2.24) is 0 Å². The Morgan fingerprint density at radius 1 is 1.04 bits per heavy atom. The minimum absolute atomic E-state index is 0.00269. The van der Waals surface area contributed by atoms with E-state index < -0.39 is 5.91 Å². The average molecular weight is 400 g/mol. The molecule has 0 aliphatic heterocycles. The van der Waals surface area contributed by atoms with Crippen molar-refractivity contribution in [2.45, 2.75) is 0 Å². The van der Waals surface area contributed by atoms with Crippen LogP contribution < -0.4 is 20.7 Å². The second-order valence-electron chi connectivity index (χ2n) is 5.75. The normalized spacial score (nSPS) is 10.2. The molecule has 3 aromatic rings. The van der Waals surface area contributed by atoms with Gasteiger partial charge in [0, 0.05) is 10.7 Å². The highest BCUT2D eigenvalue weighted by Gasteiger charge is 2.13. The third-order valence-electron chi connectivity index (χ3n) is 3.79. The number of furan rings is 1. The Bertz CT molecular complexity index is 956. The van der Waals surface area contributed by atoms with Gasteiger partial charge in [-0.2, -0.15) is 0 Å². The second kappa shape index (κ2) is 8.96.